The molecule has 25 heavy (non-hydrogen) atoms. The fraction of sp³-hybridized carbons (Fsp3) is 0.421. The third-order valence-electron chi connectivity index (χ3n) is 4.23. The highest BCUT2D eigenvalue weighted by atomic mass is 16.5. The lowest BCUT2D eigenvalue weighted by atomic mass is 10.1. The molecule has 0 aliphatic carbocycles. The minimum Gasteiger partial charge on any atom is -0.459 e. The van der Waals surface area contributed by atoms with Gasteiger partial charge < -0.3 is 14.1 Å². The number of carbonyl (C=O) groups excluding carboxylic acids is 2. The Hall–Kier alpha value is -2.63. The number of carbonyl (C=O) groups is 2. The molecule has 0 bridgehead atoms. The van der Waals surface area contributed by atoms with Crippen LogP contribution in [0, 0.1) is 6.92 Å². The van der Waals surface area contributed by atoms with Crippen LogP contribution in [0.4, 0.5) is 0 Å². The second kappa shape index (κ2) is 7.96. The number of hydrogen-bond donors (Lipinski definition) is 0. The van der Waals surface area contributed by atoms with Gasteiger partial charge in [0.1, 0.15) is 6.61 Å². The summed E-state index contributed by atoms with van der Waals surface area (Å²) in [5, 5.41) is 0. The van der Waals surface area contributed by atoms with Gasteiger partial charge in [0.15, 0.2) is 17.3 Å². The number of aryl methyl sites for hydroxylation is 1. The van der Waals surface area contributed by atoms with Gasteiger partial charge in [0.2, 0.25) is 5.91 Å². The van der Waals surface area contributed by atoms with Gasteiger partial charge in [-0.3, -0.25) is 4.79 Å². The second-order valence-electron chi connectivity index (χ2n) is 6.10. The highest BCUT2D eigenvalue weighted by molar-refractivity contribution is 5.93. The molecule has 1 saturated heterocycles. The van der Waals surface area contributed by atoms with Crippen LogP contribution in [0.15, 0.2) is 34.7 Å². The molecule has 1 aromatic heterocycles. The molecule has 132 valence electrons. The summed E-state index contributed by atoms with van der Waals surface area (Å²) in [4.78, 5) is 30.3. The summed E-state index contributed by atoms with van der Waals surface area (Å²) in [7, 11) is 0. The number of amides is 1. The molecule has 1 aromatic carbocycles. The predicted octanol–water partition coefficient (Wildman–Crippen LogP) is 3.21. The van der Waals surface area contributed by atoms with Gasteiger partial charge in [-0.25, -0.2) is 9.78 Å². The maximum atomic E-state index is 12.4. The number of rotatable bonds is 5. The summed E-state index contributed by atoms with van der Waals surface area (Å²) >= 11 is 0. The Bertz CT molecular complexity index is 739. The van der Waals surface area contributed by atoms with Crippen molar-refractivity contribution in [3.05, 3.63) is 41.9 Å². The Kier molecular flexibility index (Phi) is 5.48. The van der Waals surface area contributed by atoms with E-state index in [0.29, 0.717) is 24.6 Å². The molecular weight excluding hydrogens is 320 g/mol. The van der Waals surface area contributed by atoms with Crippen LogP contribution in [0.3, 0.4) is 0 Å². The lowest BCUT2D eigenvalue weighted by Crippen LogP contribution is -2.33. The number of oxazole rings is 1. The number of likely N-dealkylation sites (tertiary alicyclic amines) is 1. The molecule has 6 nitrogen and oxygen atoms in total. The van der Waals surface area contributed by atoms with Gasteiger partial charge in [0, 0.05) is 25.5 Å². The summed E-state index contributed by atoms with van der Waals surface area (Å²) in [5.74, 6) is 0.427. The number of aromatic nitrogens is 1. The molecule has 6 heteroatoms. The van der Waals surface area contributed by atoms with Crippen LogP contribution < -0.4 is 0 Å². The maximum Gasteiger partial charge on any atom is 0.361 e. The van der Waals surface area contributed by atoms with E-state index >= 15 is 0 Å². The molecular formula is C19H22N2O4. The van der Waals surface area contributed by atoms with Crippen molar-refractivity contribution in [3.8, 4) is 11.3 Å². The quantitative estimate of drug-likeness (QED) is 0.780. The molecule has 0 N–H and O–H groups in total. The first-order chi connectivity index (χ1) is 12.1. The average molecular weight is 342 g/mol. The highest BCUT2D eigenvalue weighted by Gasteiger charge is 2.22. The fourth-order valence-electron chi connectivity index (χ4n) is 2.94. The molecule has 1 amide bonds. The summed E-state index contributed by atoms with van der Waals surface area (Å²) in [5.41, 5.74) is 0.948. The van der Waals surface area contributed by atoms with Crippen molar-refractivity contribution >= 4 is 11.9 Å². The number of esters is 1. The van der Waals surface area contributed by atoms with Gasteiger partial charge in [-0.2, -0.15) is 0 Å². The zero-order valence-corrected chi connectivity index (χ0v) is 14.4. The largest absolute Gasteiger partial charge is 0.459 e. The van der Waals surface area contributed by atoms with Crippen LogP contribution in [0.2, 0.25) is 0 Å². The Morgan fingerprint density at radius 2 is 2.04 bits per heavy atom. The van der Waals surface area contributed by atoms with Crippen LogP contribution in [0.25, 0.3) is 11.3 Å². The van der Waals surface area contributed by atoms with Crippen molar-refractivity contribution in [1.82, 2.24) is 9.88 Å². The van der Waals surface area contributed by atoms with E-state index in [2.05, 4.69) is 4.98 Å². The smallest absolute Gasteiger partial charge is 0.361 e. The molecule has 0 unspecified atom stereocenters. The lowest BCUT2D eigenvalue weighted by molar-refractivity contribution is -0.131. The van der Waals surface area contributed by atoms with Crippen molar-refractivity contribution in [2.75, 3.05) is 19.7 Å². The van der Waals surface area contributed by atoms with E-state index < -0.39 is 5.97 Å². The van der Waals surface area contributed by atoms with E-state index in [0.717, 1.165) is 31.4 Å². The number of ether oxygens (including phenoxy) is 1. The molecule has 1 aliphatic rings. The van der Waals surface area contributed by atoms with Crippen LogP contribution >= 0.6 is 0 Å². The monoisotopic (exact) mass is 342 g/mol. The van der Waals surface area contributed by atoms with Crippen LogP contribution in [0.1, 0.15) is 42.1 Å². The van der Waals surface area contributed by atoms with E-state index in [-0.39, 0.29) is 18.2 Å². The molecule has 0 saturated carbocycles. The Morgan fingerprint density at radius 1 is 1.24 bits per heavy atom. The van der Waals surface area contributed by atoms with E-state index in [1.165, 1.54) is 0 Å². The third-order valence-corrected chi connectivity index (χ3v) is 4.23. The van der Waals surface area contributed by atoms with E-state index in [9.17, 15) is 9.59 Å². The van der Waals surface area contributed by atoms with Gasteiger partial charge in [-0.1, -0.05) is 36.8 Å². The van der Waals surface area contributed by atoms with Crippen LogP contribution in [0.5, 0.6) is 0 Å². The number of nitrogens with zero attached hydrogens (tertiary/aromatic N) is 2. The summed E-state index contributed by atoms with van der Waals surface area (Å²) < 4.78 is 10.9. The van der Waals surface area contributed by atoms with Gasteiger partial charge >= 0.3 is 5.97 Å². The minimum absolute atomic E-state index is 0.135. The Balaban J connectivity index is 1.63. The lowest BCUT2D eigenvalue weighted by Gasteiger charge is -2.19. The van der Waals surface area contributed by atoms with Crippen LogP contribution in [-0.2, 0) is 9.53 Å². The predicted molar refractivity (Wildman–Crippen MR) is 92.0 cm³/mol. The molecule has 0 atom stereocenters. The van der Waals surface area contributed by atoms with Crippen molar-refractivity contribution in [1.29, 1.82) is 0 Å². The van der Waals surface area contributed by atoms with Crippen molar-refractivity contribution < 1.29 is 18.7 Å². The molecule has 1 fully saturated rings. The Morgan fingerprint density at radius 3 is 2.84 bits per heavy atom. The average Bonchev–Trinajstić information content (AvgIpc) is 2.90. The van der Waals surface area contributed by atoms with Crippen molar-refractivity contribution in [2.45, 2.75) is 32.6 Å². The van der Waals surface area contributed by atoms with Gasteiger partial charge in [-0.15, -0.1) is 0 Å². The topological polar surface area (TPSA) is 72.6 Å². The summed E-state index contributed by atoms with van der Waals surface area (Å²) in [6.07, 6.45) is 3.59. The molecule has 1 aliphatic heterocycles. The fourth-order valence-corrected chi connectivity index (χ4v) is 2.94. The summed E-state index contributed by atoms with van der Waals surface area (Å²) in [6, 6.07) is 9.34. The van der Waals surface area contributed by atoms with Gasteiger partial charge in [-0.05, 0) is 12.8 Å². The van der Waals surface area contributed by atoms with Crippen LogP contribution in [-0.4, -0.2) is 41.5 Å². The van der Waals surface area contributed by atoms with Gasteiger partial charge in [0.25, 0.3) is 0 Å². The number of hydrogen-bond acceptors (Lipinski definition) is 5. The zero-order valence-electron chi connectivity index (χ0n) is 14.4. The summed E-state index contributed by atoms with van der Waals surface area (Å²) in [6.45, 7) is 3.00. The molecule has 2 aromatic rings. The van der Waals surface area contributed by atoms with Crippen molar-refractivity contribution in [3.63, 3.8) is 0 Å². The number of benzene rings is 1. The van der Waals surface area contributed by atoms with E-state index in [4.69, 9.17) is 9.15 Å². The minimum atomic E-state index is -0.530. The highest BCUT2D eigenvalue weighted by Crippen LogP contribution is 2.25. The normalized spacial score (nSPS) is 15.1. The molecule has 3 rings (SSSR count). The second-order valence-corrected chi connectivity index (χ2v) is 6.10. The van der Waals surface area contributed by atoms with Crippen molar-refractivity contribution in [2.24, 2.45) is 0 Å². The van der Waals surface area contributed by atoms with E-state index in [1.54, 1.807) is 11.8 Å². The first kappa shape index (κ1) is 17.2. The molecule has 0 radical (unpaired) electrons. The first-order valence-electron chi connectivity index (χ1n) is 8.63. The van der Waals surface area contributed by atoms with E-state index in [1.807, 2.05) is 30.3 Å². The standard InChI is InChI=1S/C19H22N2O4/c1-14-20-17(18(25-14)15-8-4-2-5-9-15)19(23)24-13-12-21-11-7-3-6-10-16(21)22/h2,4-5,8-9H,3,6-7,10-13H2,1H3. The third kappa shape index (κ3) is 4.26. The first-order valence-corrected chi connectivity index (χ1v) is 8.63. The zero-order chi connectivity index (χ0) is 17.6. The maximum absolute atomic E-state index is 12.4. The Labute approximate surface area is 146 Å². The van der Waals surface area contributed by atoms with Gasteiger partial charge in [0.05, 0.1) is 6.54 Å². The SMILES string of the molecule is Cc1nc(C(=O)OCCN2CCCCCC2=O)c(-c2ccccc2)o1. The molecule has 0 spiro atoms. The molecule has 2 heterocycles.